The molecule has 0 unspecified atom stereocenters. The molecule has 10 nitrogen and oxygen atoms in total. The molecule has 188 valence electrons. The standard InChI is InChI=1S/C23H18F3N3O7/c24-23(25,26)36-17-7-5-16(6-8-17)35-15-3-1-13(2-4-15)22(18(31)27-20(33)28-19(22)32)29-11-21(12-29)9-14(30)10-34-21/h1-8H,9-12H2,(H2,27,28,31,32,33). The fourth-order valence-corrected chi connectivity index (χ4v) is 4.65. The van der Waals surface area contributed by atoms with Gasteiger partial charge in [0.15, 0.2) is 5.78 Å². The van der Waals surface area contributed by atoms with Crippen LogP contribution in [0.25, 0.3) is 0 Å². The van der Waals surface area contributed by atoms with Crippen molar-refractivity contribution in [2.45, 2.75) is 23.9 Å². The smallest absolute Gasteiger partial charge is 0.457 e. The van der Waals surface area contributed by atoms with E-state index in [1.165, 1.54) is 41.3 Å². The van der Waals surface area contributed by atoms with Crippen LogP contribution in [0, 0.1) is 0 Å². The second kappa shape index (κ2) is 8.31. The van der Waals surface area contributed by atoms with Gasteiger partial charge in [-0.05, 0) is 42.0 Å². The molecule has 3 aliphatic heterocycles. The number of barbiturate groups is 1. The van der Waals surface area contributed by atoms with Crippen LogP contribution in [0.3, 0.4) is 0 Å². The number of carbonyl (C=O) groups excluding carboxylic acids is 4. The van der Waals surface area contributed by atoms with Crippen LogP contribution in [0.1, 0.15) is 12.0 Å². The summed E-state index contributed by atoms with van der Waals surface area (Å²) in [5, 5.41) is 4.26. The summed E-state index contributed by atoms with van der Waals surface area (Å²) < 4.78 is 52.0. The molecule has 0 aliphatic carbocycles. The Balaban J connectivity index is 1.38. The summed E-state index contributed by atoms with van der Waals surface area (Å²) in [5.74, 6) is -1.67. The summed E-state index contributed by atoms with van der Waals surface area (Å²) in [6.07, 6.45) is -4.65. The lowest BCUT2D eigenvalue weighted by atomic mass is 9.78. The van der Waals surface area contributed by atoms with Crippen LogP contribution in [-0.2, 0) is 24.7 Å². The van der Waals surface area contributed by atoms with Crippen LogP contribution in [0.15, 0.2) is 48.5 Å². The molecule has 3 heterocycles. The number of carbonyl (C=O) groups is 4. The van der Waals surface area contributed by atoms with Crippen molar-refractivity contribution in [2.75, 3.05) is 19.7 Å². The van der Waals surface area contributed by atoms with Crippen LogP contribution in [0.5, 0.6) is 17.2 Å². The van der Waals surface area contributed by atoms with Gasteiger partial charge in [-0.2, -0.15) is 0 Å². The third-order valence-corrected chi connectivity index (χ3v) is 6.17. The van der Waals surface area contributed by atoms with Gasteiger partial charge in [0.2, 0.25) is 5.54 Å². The number of nitrogens with zero attached hydrogens (tertiary/aromatic N) is 1. The van der Waals surface area contributed by atoms with E-state index in [0.717, 1.165) is 12.1 Å². The highest BCUT2D eigenvalue weighted by Gasteiger charge is 2.64. The molecule has 3 aliphatic rings. The highest BCUT2D eigenvalue weighted by atomic mass is 19.4. The number of imide groups is 2. The lowest BCUT2D eigenvalue weighted by molar-refractivity contribution is -0.274. The van der Waals surface area contributed by atoms with Gasteiger partial charge in [-0.1, -0.05) is 12.1 Å². The number of ether oxygens (including phenoxy) is 3. The number of benzene rings is 2. The first-order valence-electron chi connectivity index (χ1n) is 10.7. The molecule has 0 atom stereocenters. The first-order chi connectivity index (χ1) is 17.0. The minimum Gasteiger partial charge on any atom is -0.457 e. The Labute approximate surface area is 201 Å². The van der Waals surface area contributed by atoms with Crippen molar-refractivity contribution in [3.05, 3.63) is 54.1 Å². The number of ketones is 1. The Morgan fingerprint density at radius 2 is 1.36 bits per heavy atom. The zero-order chi connectivity index (χ0) is 25.7. The maximum absolute atomic E-state index is 13.1. The maximum atomic E-state index is 13.1. The average molecular weight is 505 g/mol. The molecule has 3 fully saturated rings. The van der Waals surface area contributed by atoms with Crippen LogP contribution >= 0.6 is 0 Å². The van der Waals surface area contributed by atoms with Crippen molar-refractivity contribution in [3.63, 3.8) is 0 Å². The normalized spacial score (nSPS) is 21.1. The molecule has 0 saturated carbocycles. The summed E-state index contributed by atoms with van der Waals surface area (Å²) in [4.78, 5) is 51.1. The molecular weight excluding hydrogens is 487 g/mol. The van der Waals surface area contributed by atoms with E-state index in [1.807, 2.05) is 0 Å². The SMILES string of the molecule is O=C1COC2(C1)CN(C1(c3ccc(Oc4ccc(OC(F)(F)F)cc4)cc3)C(=O)NC(=O)NC1=O)C2. The number of halogens is 3. The molecule has 2 N–H and O–H groups in total. The van der Waals surface area contributed by atoms with Crippen LogP contribution in [-0.4, -0.2) is 60.2 Å². The quantitative estimate of drug-likeness (QED) is 0.592. The first-order valence-corrected chi connectivity index (χ1v) is 10.7. The molecule has 2 aromatic carbocycles. The van der Waals surface area contributed by atoms with E-state index in [1.54, 1.807) is 0 Å². The molecule has 3 saturated heterocycles. The highest BCUT2D eigenvalue weighted by molar-refractivity contribution is 6.22. The van der Waals surface area contributed by atoms with Crippen LogP contribution in [0.2, 0.25) is 0 Å². The lowest BCUT2D eigenvalue weighted by Gasteiger charge is -2.54. The van der Waals surface area contributed by atoms with Gasteiger partial charge in [-0.15, -0.1) is 13.2 Å². The number of urea groups is 1. The average Bonchev–Trinajstić information content (AvgIpc) is 3.17. The molecule has 1 spiro atoms. The van der Waals surface area contributed by atoms with E-state index in [9.17, 15) is 32.3 Å². The Morgan fingerprint density at radius 1 is 0.833 bits per heavy atom. The van der Waals surface area contributed by atoms with E-state index in [-0.39, 0.29) is 49.0 Å². The van der Waals surface area contributed by atoms with Gasteiger partial charge in [0, 0.05) is 19.5 Å². The van der Waals surface area contributed by atoms with Crippen molar-refractivity contribution < 1.29 is 46.6 Å². The zero-order valence-electron chi connectivity index (χ0n) is 18.4. The van der Waals surface area contributed by atoms with E-state index < -0.39 is 41.1 Å². The minimum absolute atomic E-state index is 0.0347. The monoisotopic (exact) mass is 505 g/mol. The van der Waals surface area contributed by atoms with Gasteiger partial charge in [-0.3, -0.25) is 29.9 Å². The van der Waals surface area contributed by atoms with Gasteiger partial charge < -0.3 is 14.2 Å². The zero-order valence-corrected chi connectivity index (χ0v) is 18.4. The molecule has 0 bridgehead atoms. The van der Waals surface area contributed by atoms with Gasteiger partial charge in [0.1, 0.15) is 29.5 Å². The number of likely N-dealkylation sites (tertiary alicyclic amines) is 1. The van der Waals surface area contributed by atoms with Crippen LogP contribution in [0.4, 0.5) is 18.0 Å². The fraction of sp³-hybridized carbons (Fsp3) is 0.304. The molecule has 0 aromatic heterocycles. The van der Waals surface area contributed by atoms with Crippen molar-refractivity contribution >= 4 is 23.6 Å². The maximum Gasteiger partial charge on any atom is 0.573 e. The van der Waals surface area contributed by atoms with Gasteiger partial charge in [0.25, 0.3) is 11.8 Å². The predicted molar refractivity (Wildman–Crippen MR) is 113 cm³/mol. The number of nitrogens with one attached hydrogen (secondary N) is 2. The largest absolute Gasteiger partial charge is 0.573 e. The van der Waals surface area contributed by atoms with E-state index >= 15 is 0 Å². The van der Waals surface area contributed by atoms with Crippen molar-refractivity contribution in [3.8, 4) is 17.2 Å². The summed E-state index contributed by atoms with van der Waals surface area (Å²) in [5.41, 5.74) is -2.43. The lowest BCUT2D eigenvalue weighted by Crippen LogP contribution is -2.78. The van der Waals surface area contributed by atoms with Gasteiger partial charge in [-0.25, -0.2) is 4.79 Å². The van der Waals surface area contributed by atoms with Crippen LogP contribution < -0.4 is 20.1 Å². The van der Waals surface area contributed by atoms with Gasteiger partial charge >= 0.3 is 12.4 Å². The number of Topliss-reactive ketones (excluding diaryl/α,β-unsaturated/α-hetero) is 1. The van der Waals surface area contributed by atoms with Crippen molar-refractivity contribution in [1.29, 1.82) is 0 Å². The van der Waals surface area contributed by atoms with Crippen molar-refractivity contribution in [1.82, 2.24) is 15.5 Å². The Morgan fingerprint density at radius 3 is 1.86 bits per heavy atom. The van der Waals surface area contributed by atoms with Crippen molar-refractivity contribution in [2.24, 2.45) is 0 Å². The van der Waals surface area contributed by atoms with E-state index in [4.69, 9.17) is 9.47 Å². The second-order valence-corrected chi connectivity index (χ2v) is 8.64. The predicted octanol–water partition coefficient (Wildman–Crippen LogP) is 1.98. The Hall–Kier alpha value is -3.97. The number of amides is 4. The molecule has 2 aromatic rings. The highest BCUT2D eigenvalue weighted by Crippen LogP contribution is 2.43. The number of hydrogen-bond acceptors (Lipinski definition) is 8. The number of alkyl halides is 3. The van der Waals surface area contributed by atoms with Gasteiger partial charge in [0.05, 0.1) is 0 Å². The fourth-order valence-electron chi connectivity index (χ4n) is 4.65. The minimum atomic E-state index is -4.81. The summed E-state index contributed by atoms with van der Waals surface area (Å²) in [6.45, 7) is 0.212. The molecule has 4 amide bonds. The first kappa shape index (κ1) is 23.8. The topological polar surface area (TPSA) is 123 Å². The Kier molecular flexibility index (Phi) is 5.48. The summed E-state index contributed by atoms with van der Waals surface area (Å²) in [7, 11) is 0. The van der Waals surface area contributed by atoms with E-state index in [0.29, 0.717) is 0 Å². The number of hydrogen-bond donors (Lipinski definition) is 2. The summed E-state index contributed by atoms with van der Waals surface area (Å²) >= 11 is 0. The third-order valence-electron chi connectivity index (χ3n) is 6.17. The summed E-state index contributed by atoms with van der Waals surface area (Å²) in [6, 6.07) is 9.69. The second-order valence-electron chi connectivity index (χ2n) is 8.64. The third kappa shape index (κ3) is 4.16. The Bertz CT molecular complexity index is 1220. The molecule has 36 heavy (non-hydrogen) atoms. The molecule has 0 radical (unpaired) electrons. The van der Waals surface area contributed by atoms with E-state index in [2.05, 4.69) is 15.4 Å². The molecule has 13 heteroatoms. The molecular formula is C23H18F3N3O7. The number of rotatable bonds is 5. The molecule has 5 rings (SSSR count).